The lowest BCUT2D eigenvalue weighted by Gasteiger charge is -2.25. The summed E-state index contributed by atoms with van der Waals surface area (Å²) in [4.78, 5) is 27.0. The SMILES string of the molecule is C=CCOc1ccc([C@H]2/C(=C(\O)c3ccc(C)cc3)C(=O)C(=O)N2CCOC)cc1. The number of likely N-dealkylation sites (tertiary alicyclic amines) is 1. The molecule has 1 heterocycles. The Labute approximate surface area is 176 Å². The molecule has 0 spiro atoms. The van der Waals surface area contributed by atoms with Gasteiger partial charge in [0.1, 0.15) is 18.1 Å². The van der Waals surface area contributed by atoms with Gasteiger partial charge in [-0.25, -0.2) is 0 Å². The van der Waals surface area contributed by atoms with E-state index < -0.39 is 17.7 Å². The van der Waals surface area contributed by atoms with Gasteiger partial charge in [-0.2, -0.15) is 0 Å². The molecule has 1 aliphatic heterocycles. The van der Waals surface area contributed by atoms with Gasteiger partial charge in [0.05, 0.1) is 18.2 Å². The summed E-state index contributed by atoms with van der Waals surface area (Å²) in [6.45, 7) is 6.43. The molecule has 0 bridgehead atoms. The average molecular weight is 407 g/mol. The zero-order valence-electron chi connectivity index (χ0n) is 17.1. The highest BCUT2D eigenvalue weighted by Gasteiger charge is 2.45. The number of carbonyl (C=O) groups excluding carboxylic acids is 2. The van der Waals surface area contributed by atoms with Gasteiger partial charge in [0.15, 0.2) is 0 Å². The van der Waals surface area contributed by atoms with Crippen LogP contribution in [0.1, 0.15) is 22.7 Å². The number of nitrogens with zero attached hydrogens (tertiary/aromatic N) is 1. The van der Waals surface area contributed by atoms with Crippen molar-refractivity contribution in [2.75, 3.05) is 26.9 Å². The van der Waals surface area contributed by atoms with Crippen molar-refractivity contribution in [1.29, 1.82) is 0 Å². The number of ether oxygens (including phenoxy) is 2. The number of rotatable bonds is 8. The summed E-state index contributed by atoms with van der Waals surface area (Å²) in [7, 11) is 1.53. The highest BCUT2D eigenvalue weighted by atomic mass is 16.5. The predicted octanol–water partition coefficient (Wildman–Crippen LogP) is 3.63. The standard InChI is InChI=1S/C24H25NO5/c1-4-14-30-19-11-9-17(10-12-19)21-20(22(26)18-7-5-16(2)6-8-18)23(27)24(28)25(21)13-15-29-3/h4-12,21,26H,1,13-15H2,2-3H3/b22-20+/t21-/m0/s1. The maximum Gasteiger partial charge on any atom is 0.295 e. The summed E-state index contributed by atoms with van der Waals surface area (Å²) < 4.78 is 10.6. The Morgan fingerprint density at radius 3 is 2.40 bits per heavy atom. The summed E-state index contributed by atoms with van der Waals surface area (Å²) in [6, 6.07) is 13.5. The summed E-state index contributed by atoms with van der Waals surface area (Å²) in [5.41, 5.74) is 2.28. The van der Waals surface area contributed by atoms with E-state index in [1.54, 1.807) is 42.5 Å². The van der Waals surface area contributed by atoms with Gasteiger partial charge in [0, 0.05) is 19.2 Å². The smallest absolute Gasteiger partial charge is 0.295 e. The van der Waals surface area contributed by atoms with Gasteiger partial charge in [0.25, 0.3) is 11.7 Å². The molecule has 6 heteroatoms. The van der Waals surface area contributed by atoms with Crippen LogP contribution in [-0.4, -0.2) is 48.6 Å². The maximum absolute atomic E-state index is 12.9. The normalized spacial score (nSPS) is 17.9. The molecule has 156 valence electrons. The van der Waals surface area contributed by atoms with Gasteiger partial charge in [-0.1, -0.05) is 54.6 Å². The van der Waals surface area contributed by atoms with Gasteiger partial charge < -0.3 is 19.5 Å². The van der Waals surface area contributed by atoms with Crippen molar-refractivity contribution in [1.82, 2.24) is 4.90 Å². The number of benzene rings is 2. The number of aryl methyl sites for hydroxylation is 1. The predicted molar refractivity (Wildman–Crippen MR) is 114 cm³/mol. The number of aliphatic hydroxyl groups excluding tert-OH is 1. The number of methoxy groups -OCH3 is 1. The molecule has 1 aliphatic rings. The first-order valence-corrected chi connectivity index (χ1v) is 9.66. The van der Waals surface area contributed by atoms with Crippen molar-refractivity contribution < 1.29 is 24.2 Å². The second-order valence-electron chi connectivity index (χ2n) is 7.02. The van der Waals surface area contributed by atoms with Crippen LogP contribution in [0.4, 0.5) is 0 Å². The lowest BCUT2D eigenvalue weighted by atomic mass is 9.95. The first-order chi connectivity index (χ1) is 14.5. The van der Waals surface area contributed by atoms with Crippen molar-refractivity contribution in [3.63, 3.8) is 0 Å². The van der Waals surface area contributed by atoms with E-state index in [4.69, 9.17) is 9.47 Å². The lowest BCUT2D eigenvalue weighted by Crippen LogP contribution is -2.32. The van der Waals surface area contributed by atoms with E-state index >= 15 is 0 Å². The molecule has 0 saturated carbocycles. The average Bonchev–Trinajstić information content (AvgIpc) is 3.01. The molecule has 6 nitrogen and oxygen atoms in total. The van der Waals surface area contributed by atoms with E-state index in [9.17, 15) is 14.7 Å². The van der Waals surface area contributed by atoms with E-state index in [-0.39, 0.29) is 24.5 Å². The van der Waals surface area contributed by atoms with E-state index in [0.29, 0.717) is 23.5 Å². The third kappa shape index (κ3) is 4.28. The van der Waals surface area contributed by atoms with Crippen LogP contribution in [0.5, 0.6) is 5.75 Å². The molecular weight excluding hydrogens is 382 g/mol. The largest absolute Gasteiger partial charge is 0.507 e. The number of hydrogen-bond donors (Lipinski definition) is 1. The molecular formula is C24H25NO5. The second kappa shape index (κ2) is 9.41. The second-order valence-corrected chi connectivity index (χ2v) is 7.02. The molecule has 1 N–H and O–H groups in total. The molecule has 1 saturated heterocycles. The van der Waals surface area contributed by atoms with Gasteiger partial charge in [-0.15, -0.1) is 0 Å². The number of ketones is 1. The van der Waals surface area contributed by atoms with Gasteiger partial charge >= 0.3 is 0 Å². The van der Waals surface area contributed by atoms with E-state index in [1.165, 1.54) is 12.0 Å². The molecule has 0 unspecified atom stereocenters. The summed E-state index contributed by atoms with van der Waals surface area (Å²) >= 11 is 0. The van der Waals surface area contributed by atoms with Crippen LogP contribution in [0.25, 0.3) is 5.76 Å². The summed E-state index contributed by atoms with van der Waals surface area (Å²) in [5.74, 6) is -0.907. The minimum Gasteiger partial charge on any atom is -0.507 e. The molecule has 3 rings (SSSR count). The minimum absolute atomic E-state index is 0.0692. The Bertz CT molecular complexity index is 960. The first-order valence-electron chi connectivity index (χ1n) is 9.66. The first kappa shape index (κ1) is 21.3. The fraction of sp³-hybridized carbons (Fsp3) is 0.250. The monoisotopic (exact) mass is 407 g/mol. The Hall–Kier alpha value is -3.38. The fourth-order valence-electron chi connectivity index (χ4n) is 3.42. The Morgan fingerprint density at radius 1 is 1.13 bits per heavy atom. The number of carbonyl (C=O) groups is 2. The highest BCUT2D eigenvalue weighted by Crippen LogP contribution is 2.39. The molecule has 0 radical (unpaired) electrons. The molecule has 2 aromatic rings. The zero-order chi connectivity index (χ0) is 21.7. The summed E-state index contributed by atoms with van der Waals surface area (Å²) in [5, 5.41) is 11.0. The fourth-order valence-corrected chi connectivity index (χ4v) is 3.42. The number of aliphatic hydroxyl groups is 1. The van der Waals surface area contributed by atoms with Crippen LogP contribution in [0.2, 0.25) is 0 Å². The van der Waals surface area contributed by atoms with Crippen molar-refractivity contribution >= 4 is 17.4 Å². The molecule has 2 aromatic carbocycles. The van der Waals surface area contributed by atoms with Crippen molar-refractivity contribution in [2.24, 2.45) is 0 Å². The van der Waals surface area contributed by atoms with Crippen LogP contribution >= 0.6 is 0 Å². The Balaban J connectivity index is 2.07. The van der Waals surface area contributed by atoms with Crippen LogP contribution in [0.15, 0.2) is 66.8 Å². The molecule has 1 fully saturated rings. The van der Waals surface area contributed by atoms with Crippen LogP contribution < -0.4 is 4.74 Å². The van der Waals surface area contributed by atoms with Crippen LogP contribution in [-0.2, 0) is 14.3 Å². The van der Waals surface area contributed by atoms with Crippen LogP contribution in [0.3, 0.4) is 0 Å². The summed E-state index contributed by atoms with van der Waals surface area (Å²) in [6.07, 6.45) is 1.65. The molecule has 0 aromatic heterocycles. The molecule has 30 heavy (non-hydrogen) atoms. The molecule has 1 atom stereocenters. The van der Waals surface area contributed by atoms with E-state index in [1.807, 2.05) is 19.1 Å². The number of hydrogen-bond acceptors (Lipinski definition) is 5. The van der Waals surface area contributed by atoms with Crippen molar-refractivity contribution in [3.05, 3.63) is 83.4 Å². The molecule has 0 aliphatic carbocycles. The van der Waals surface area contributed by atoms with Crippen molar-refractivity contribution in [3.8, 4) is 5.75 Å². The van der Waals surface area contributed by atoms with E-state index in [2.05, 4.69) is 6.58 Å². The van der Waals surface area contributed by atoms with Gasteiger partial charge in [0.2, 0.25) is 0 Å². The number of amides is 1. The Kier molecular flexibility index (Phi) is 6.69. The molecule has 1 amide bonds. The topological polar surface area (TPSA) is 76.1 Å². The quantitative estimate of drug-likeness (QED) is 0.313. The highest BCUT2D eigenvalue weighted by molar-refractivity contribution is 6.46. The third-order valence-corrected chi connectivity index (χ3v) is 4.96. The van der Waals surface area contributed by atoms with Gasteiger partial charge in [-0.05, 0) is 24.6 Å². The minimum atomic E-state index is -0.713. The van der Waals surface area contributed by atoms with Crippen molar-refractivity contribution in [2.45, 2.75) is 13.0 Å². The lowest BCUT2D eigenvalue weighted by molar-refractivity contribution is -0.140. The maximum atomic E-state index is 12.9. The Morgan fingerprint density at radius 2 is 1.80 bits per heavy atom. The third-order valence-electron chi connectivity index (χ3n) is 4.96. The number of Topliss-reactive ketones (excluding diaryl/α,β-unsaturated/α-hetero) is 1. The van der Waals surface area contributed by atoms with Gasteiger partial charge in [-0.3, -0.25) is 9.59 Å². The zero-order valence-corrected chi connectivity index (χ0v) is 17.1. The van der Waals surface area contributed by atoms with Crippen LogP contribution in [0, 0.1) is 6.92 Å². The van der Waals surface area contributed by atoms with E-state index in [0.717, 1.165) is 5.56 Å².